The molecule has 0 unspecified atom stereocenters. The zero-order valence-electron chi connectivity index (χ0n) is 13.4. The summed E-state index contributed by atoms with van der Waals surface area (Å²) in [5.41, 5.74) is 0. The quantitative estimate of drug-likeness (QED) is 0.220. The van der Waals surface area contributed by atoms with Gasteiger partial charge in [0, 0.05) is 0 Å². The molecule has 0 heterocycles. The van der Waals surface area contributed by atoms with E-state index in [1.807, 2.05) is 0 Å². The standard InChI is InChI=1S/Ca.2K.Mg.H3O4P.H2O3Si.6H/c;;;;1-5(2,3)4;1-4(2)3;;;;;;/h;;;;(H3,1,2,3,4);1-2H;;;;;;/q+2;2*+1;+2;;;6*-1. The van der Waals surface area contributed by atoms with E-state index in [9.17, 15) is 0 Å². The first-order chi connectivity index (χ1) is 3.73. The summed E-state index contributed by atoms with van der Waals surface area (Å²) in [5.74, 6) is 0. The molecule has 0 bridgehead atoms. The monoisotopic (exact) mass is 324 g/mol. The van der Waals surface area contributed by atoms with Gasteiger partial charge in [-0.05, 0) is 0 Å². The fourth-order valence-electron chi connectivity index (χ4n) is 0. The summed E-state index contributed by atoms with van der Waals surface area (Å²) >= 11 is 0. The van der Waals surface area contributed by atoms with Crippen molar-refractivity contribution < 1.29 is 145 Å². The third kappa shape index (κ3) is 152. The van der Waals surface area contributed by atoms with Crippen molar-refractivity contribution in [2.75, 3.05) is 0 Å². The van der Waals surface area contributed by atoms with Crippen LogP contribution in [0.4, 0.5) is 0 Å². The van der Waals surface area contributed by atoms with E-state index < -0.39 is 17.0 Å². The summed E-state index contributed by atoms with van der Waals surface area (Å²) in [6.45, 7) is 0. The number of rotatable bonds is 0. The summed E-state index contributed by atoms with van der Waals surface area (Å²) in [4.78, 5) is 35.9. The number of phosphoric acid groups is 1. The Morgan fingerprint density at radius 1 is 1.08 bits per heavy atom. The maximum Gasteiger partial charge on any atom is 2.00 e. The first-order valence-corrected chi connectivity index (χ1v) is 4.30. The van der Waals surface area contributed by atoms with Gasteiger partial charge in [0.05, 0.1) is 0 Å². The maximum absolute atomic E-state index is 8.88. The van der Waals surface area contributed by atoms with Gasteiger partial charge in [-0.25, -0.2) is 4.57 Å². The average molecular weight is 325 g/mol. The van der Waals surface area contributed by atoms with E-state index in [2.05, 4.69) is 0 Å². The minimum atomic E-state index is -4.64. The molecule has 0 aliphatic carbocycles. The van der Waals surface area contributed by atoms with Crippen LogP contribution >= 0.6 is 7.82 Å². The summed E-state index contributed by atoms with van der Waals surface area (Å²) < 4.78 is 17.6. The van der Waals surface area contributed by atoms with Crippen LogP contribution in [-0.2, 0) is 9.03 Å². The predicted octanol–water partition coefficient (Wildman–Crippen LogP) is -8.62. The first kappa shape index (κ1) is 36.1. The number of hydrogen-bond acceptors (Lipinski definition) is 2. The second-order valence-electron chi connectivity index (χ2n) is 0.796. The molecule has 0 saturated carbocycles. The number of hydrogen-bond donors (Lipinski definition) is 5. The largest absolute Gasteiger partial charge is 2.00 e. The van der Waals surface area contributed by atoms with Gasteiger partial charge in [0.15, 0.2) is 0 Å². The summed E-state index contributed by atoms with van der Waals surface area (Å²) in [7, 11) is -7.77. The van der Waals surface area contributed by atoms with Crippen LogP contribution in [0.25, 0.3) is 0 Å². The van der Waals surface area contributed by atoms with Gasteiger partial charge < -0.3 is 32.8 Å². The molecule has 68 valence electrons. The van der Waals surface area contributed by atoms with Crippen molar-refractivity contribution in [2.45, 2.75) is 0 Å². The van der Waals surface area contributed by atoms with Crippen molar-refractivity contribution in [1.29, 1.82) is 0 Å². The molecular formula is H11CaK2MgO7PSi. The SMILES string of the molecule is O=P(O)(O)O.O=[Si](O)O.[Ca+2].[H-].[H-].[H-].[H-].[H-].[H-].[K+].[K+].[Mg+2]. The van der Waals surface area contributed by atoms with Crippen LogP contribution in [-0.4, -0.2) is 94.2 Å². The van der Waals surface area contributed by atoms with Crippen molar-refractivity contribution in [3.63, 3.8) is 0 Å². The molecule has 7 nitrogen and oxygen atoms in total. The molecule has 13 heavy (non-hydrogen) atoms. The van der Waals surface area contributed by atoms with Gasteiger partial charge in [-0.3, -0.25) is 4.46 Å². The van der Waals surface area contributed by atoms with E-state index in [1.54, 1.807) is 0 Å². The van der Waals surface area contributed by atoms with Gasteiger partial charge in [-0.1, -0.05) is 0 Å². The third-order valence-corrected chi connectivity index (χ3v) is 0. The minimum Gasteiger partial charge on any atom is -1.00 e. The second-order valence-corrected chi connectivity index (χ2v) is 2.39. The average Bonchev–Trinajstić information content (AvgIpc) is 1.19. The normalized spacial score (nSPS) is 6.38. The van der Waals surface area contributed by atoms with Crippen molar-refractivity contribution in [2.24, 2.45) is 0 Å². The van der Waals surface area contributed by atoms with E-state index in [0.717, 1.165) is 0 Å². The van der Waals surface area contributed by atoms with Gasteiger partial charge in [0.25, 0.3) is 0 Å². The molecule has 0 spiro atoms. The molecule has 13 heteroatoms. The van der Waals surface area contributed by atoms with Crippen LogP contribution in [0.5, 0.6) is 0 Å². The van der Waals surface area contributed by atoms with Crippen molar-refractivity contribution in [1.82, 2.24) is 0 Å². The van der Waals surface area contributed by atoms with Gasteiger partial charge in [-0.15, -0.1) is 0 Å². The summed E-state index contributed by atoms with van der Waals surface area (Å²) in [5, 5.41) is 0. The van der Waals surface area contributed by atoms with Crippen molar-refractivity contribution in [3.05, 3.63) is 0 Å². The molecule has 5 N–H and O–H groups in total. The Kier molecular flexibility index (Phi) is 61.8. The smallest absolute Gasteiger partial charge is 1.00 e. The predicted molar refractivity (Wildman–Crippen MR) is 43.3 cm³/mol. The van der Waals surface area contributed by atoms with Crippen LogP contribution in [0.1, 0.15) is 8.56 Å². The summed E-state index contributed by atoms with van der Waals surface area (Å²) in [6, 6.07) is 0. The molecule has 0 aromatic rings. The zero-order valence-corrected chi connectivity index (χ0v) is 19.2. The Hall–Kier alpha value is 5.03. The first-order valence-electron chi connectivity index (χ1n) is 1.43. The minimum absolute atomic E-state index is 0. The van der Waals surface area contributed by atoms with Gasteiger partial charge in [-0.2, -0.15) is 0 Å². The Morgan fingerprint density at radius 2 is 1.08 bits per heavy atom. The summed E-state index contributed by atoms with van der Waals surface area (Å²) in [6.07, 6.45) is 0. The molecule has 0 aromatic heterocycles. The molecule has 0 fully saturated rings. The fraction of sp³-hybridized carbons (Fsp3) is 0. The molecule has 0 saturated heterocycles. The second kappa shape index (κ2) is 22.2. The van der Waals surface area contributed by atoms with E-state index >= 15 is 0 Å². The fourth-order valence-corrected chi connectivity index (χ4v) is 0. The molecule has 0 radical (unpaired) electrons. The van der Waals surface area contributed by atoms with Crippen LogP contribution < -0.4 is 103 Å². The van der Waals surface area contributed by atoms with E-state index in [-0.39, 0.29) is 172 Å². The molecule has 0 aromatic carbocycles. The molecule has 0 atom stereocenters. The van der Waals surface area contributed by atoms with Crippen LogP contribution in [0.2, 0.25) is 0 Å². The van der Waals surface area contributed by atoms with Gasteiger partial charge >= 0.3 is 181 Å². The molecule has 0 aliphatic rings. The Bertz CT molecular complexity index is 143. The molecule has 0 amide bonds. The third-order valence-electron chi connectivity index (χ3n) is 0. The topological polar surface area (TPSA) is 135 Å². The maximum atomic E-state index is 8.88. The van der Waals surface area contributed by atoms with E-state index in [1.165, 1.54) is 0 Å². The van der Waals surface area contributed by atoms with Gasteiger partial charge in [0.2, 0.25) is 0 Å². The Balaban J connectivity index is -0.00000000340. The molecule has 0 aliphatic heterocycles. The van der Waals surface area contributed by atoms with Crippen LogP contribution in [0.15, 0.2) is 0 Å². The van der Waals surface area contributed by atoms with Crippen molar-refractivity contribution in [3.8, 4) is 0 Å². The van der Waals surface area contributed by atoms with Gasteiger partial charge in [0.1, 0.15) is 0 Å². The molecular weight excluding hydrogens is 314 g/mol. The van der Waals surface area contributed by atoms with Crippen molar-refractivity contribution >= 4 is 77.8 Å². The van der Waals surface area contributed by atoms with Crippen LogP contribution in [0, 0.1) is 0 Å². The Labute approximate surface area is 216 Å². The van der Waals surface area contributed by atoms with E-state index in [4.69, 9.17) is 33.3 Å². The Morgan fingerprint density at radius 3 is 1.08 bits per heavy atom. The van der Waals surface area contributed by atoms with E-state index in [0.29, 0.717) is 0 Å². The zero-order chi connectivity index (χ0) is 8.08. The molecule has 0 rings (SSSR count). The van der Waals surface area contributed by atoms with Crippen LogP contribution in [0.3, 0.4) is 0 Å².